The van der Waals surface area contributed by atoms with Crippen molar-refractivity contribution in [2.75, 3.05) is 0 Å². The molecule has 0 saturated heterocycles. The van der Waals surface area contributed by atoms with Crippen molar-refractivity contribution in [1.29, 1.82) is 0 Å². The predicted octanol–water partition coefficient (Wildman–Crippen LogP) is 4.53. The molecule has 1 aromatic heterocycles. The van der Waals surface area contributed by atoms with Gasteiger partial charge in [-0.1, -0.05) is 30.3 Å². The molecule has 0 aliphatic heterocycles. The van der Waals surface area contributed by atoms with Gasteiger partial charge < -0.3 is 0 Å². The standard InChI is InChI=1S/C16H21NOS2/c1-12(17-20(18)16(2,3)4)14-10-11-15(19-14)13-8-6-5-7-9-13/h5-12,17H,1-4H3. The van der Waals surface area contributed by atoms with Crippen molar-refractivity contribution in [2.45, 2.75) is 38.5 Å². The third-order valence-electron chi connectivity index (χ3n) is 2.95. The molecule has 0 aliphatic carbocycles. The fraction of sp³-hybridized carbons (Fsp3) is 0.375. The third-order valence-corrected chi connectivity index (χ3v) is 5.95. The first-order valence-corrected chi connectivity index (χ1v) is 8.68. The van der Waals surface area contributed by atoms with Crippen LogP contribution in [0, 0.1) is 0 Å². The van der Waals surface area contributed by atoms with Crippen LogP contribution in [0.4, 0.5) is 0 Å². The molecule has 2 aromatic rings. The lowest BCUT2D eigenvalue weighted by Gasteiger charge is -2.21. The molecule has 1 heterocycles. The quantitative estimate of drug-likeness (QED) is 0.883. The smallest absolute Gasteiger partial charge is 0.0976 e. The van der Waals surface area contributed by atoms with Crippen molar-refractivity contribution in [3.05, 3.63) is 47.3 Å². The zero-order valence-corrected chi connectivity index (χ0v) is 14.0. The molecule has 0 radical (unpaired) electrons. The summed E-state index contributed by atoms with van der Waals surface area (Å²) in [6.07, 6.45) is 0. The third kappa shape index (κ3) is 3.78. The molecule has 1 aromatic carbocycles. The maximum Gasteiger partial charge on any atom is 0.0976 e. The highest BCUT2D eigenvalue weighted by molar-refractivity contribution is 7.84. The summed E-state index contributed by atoms with van der Waals surface area (Å²) in [6.45, 7) is 8.00. The molecule has 20 heavy (non-hydrogen) atoms. The normalized spacial score (nSPS) is 15.0. The largest absolute Gasteiger partial charge is 0.242 e. The number of nitrogens with one attached hydrogen (secondary N) is 1. The van der Waals surface area contributed by atoms with Gasteiger partial charge in [0.2, 0.25) is 0 Å². The molecule has 2 atom stereocenters. The van der Waals surface area contributed by atoms with Crippen LogP contribution in [0.15, 0.2) is 42.5 Å². The zero-order chi connectivity index (χ0) is 14.8. The molecule has 1 N–H and O–H groups in total. The summed E-state index contributed by atoms with van der Waals surface area (Å²) in [5.74, 6) is 0. The average Bonchev–Trinajstić information content (AvgIpc) is 2.88. The van der Waals surface area contributed by atoms with Gasteiger partial charge in [0.15, 0.2) is 0 Å². The second-order valence-electron chi connectivity index (χ2n) is 5.79. The van der Waals surface area contributed by atoms with Crippen LogP contribution >= 0.6 is 11.3 Å². The first-order valence-electron chi connectivity index (χ1n) is 6.71. The summed E-state index contributed by atoms with van der Waals surface area (Å²) in [7, 11) is -1.05. The second kappa shape index (κ2) is 6.20. The fourth-order valence-corrected chi connectivity index (χ4v) is 3.63. The molecule has 2 unspecified atom stereocenters. The Morgan fingerprint density at radius 2 is 1.75 bits per heavy atom. The minimum atomic E-state index is -1.05. The van der Waals surface area contributed by atoms with Crippen LogP contribution in [0.3, 0.4) is 0 Å². The number of hydrogen-bond donors (Lipinski definition) is 1. The molecule has 0 aliphatic rings. The maximum absolute atomic E-state index is 12.1. The summed E-state index contributed by atoms with van der Waals surface area (Å²) in [6, 6.07) is 14.7. The first-order chi connectivity index (χ1) is 9.38. The number of benzene rings is 1. The molecule has 0 amide bonds. The highest BCUT2D eigenvalue weighted by Crippen LogP contribution is 2.31. The van der Waals surface area contributed by atoms with Gasteiger partial charge in [-0.25, -0.2) is 8.93 Å². The van der Waals surface area contributed by atoms with E-state index in [-0.39, 0.29) is 10.8 Å². The second-order valence-corrected chi connectivity index (χ2v) is 8.90. The van der Waals surface area contributed by atoms with Gasteiger partial charge in [0.25, 0.3) is 0 Å². The molecule has 108 valence electrons. The summed E-state index contributed by atoms with van der Waals surface area (Å²) in [5.41, 5.74) is 1.23. The fourth-order valence-electron chi connectivity index (χ4n) is 1.74. The Labute approximate surface area is 127 Å². The Kier molecular flexibility index (Phi) is 4.78. The van der Waals surface area contributed by atoms with E-state index in [1.165, 1.54) is 15.3 Å². The van der Waals surface area contributed by atoms with Crippen LogP contribution < -0.4 is 4.72 Å². The van der Waals surface area contributed by atoms with E-state index in [4.69, 9.17) is 0 Å². The number of hydrogen-bond acceptors (Lipinski definition) is 2. The van der Waals surface area contributed by atoms with E-state index < -0.39 is 11.0 Å². The first kappa shape index (κ1) is 15.4. The Balaban J connectivity index is 2.11. The van der Waals surface area contributed by atoms with E-state index in [0.717, 1.165) is 0 Å². The van der Waals surface area contributed by atoms with Crippen molar-refractivity contribution < 1.29 is 4.21 Å². The average molecular weight is 307 g/mol. The summed E-state index contributed by atoms with van der Waals surface area (Å²) in [5, 5.41) is 0. The molecule has 0 fully saturated rings. The van der Waals surface area contributed by atoms with Crippen LogP contribution in [0.5, 0.6) is 0 Å². The number of rotatable bonds is 4. The van der Waals surface area contributed by atoms with Gasteiger partial charge in [0, 0.05) is 9.75 Å². The van der Waals surface area contributed by atoms with Crippen LogP contribution in [0.2, 0.25) is 0 Å². The topological polar surface area (TPSA) is 29.1 Å². The van der Waals surface area contributed by atoms with Crippen LogP contribution in [0.25, 0.3) is 10.4 Å². The van der Waals surface area contributed by atoms with Gasteiger partial charge in [-0.05, 0) is 45.4 Å². The van der Waals surface area contributed by atoms with Gasteiger partial charge in [-0.15, -0.1) is 11.3 Å². The molecular weight excluding hydrogens is 286 g/mol. The van der Waals surface area contributed by atoms with Crippen molar-refractivity contribution in [3.8, 4) is 10.4 Å². The molecular formula is C16H21NOS2. The minimum absolute atomic E-state index is 0.0949. The Morgan fingerprint density at radius 3 is 2.35 bits per heavy atom. The van der Waals surface area contributed by atoms with Crippen molar-refractivity contribution >= 4 is 22.3 Å². The Morgan fingerprint density at radius 1 is 1.10 bits per heavy atom. The lowest BCUT2D eigenvalue weighted by molar-refractivity contribution is 0.618. The predicted molar refractivity (Wildman–Crippen MR) is 89.2 cm³/mol. The van der Waals surface area contributed by atoms with E-state index in [9.17, 15) is 4.21 Å². The zero-order valence-electron chi connectivity index (χ0n) is 12.3. The highest BCUT2D eigenvalue weighted by atomic mass is 32.2. The lowest BCUT2D eigenvalue weighted by Crippen LogP contribution is -2.34. The van der Waals surface area contributed by atoms with Crippen molar-refractivity contribution in [3.63, 3.8) is 0 Å². The molecule has 0 saturated carbocycles. The van der Waals surface area contributed by atoms with Gasteiger partial charge in [-0.2, -0.15) is 0 Å². The molecule has 0 spiro atoms. The maximum atomic E-state index is 12.1. The van der Waals surface area contributed by atoms with E-state index in [1.54, 1.807) is 11.3 Å². The van der Waals surface area contributed by atoms with Crippen molar-refractivity contribution in [1.82, 2.24) is 4.72 Å². The molecule has 2 rings (SSSR count). The molecule has 4 heteroatoms. The molecule has 2 nitrogen and oxygen atoms in total. The van der Waals surface area contributed by atoms with E-state index in [2.05, 4.69) is 35.9 Å². The SMILES string of the molecule is CC(NS(=O)C(C)(C)C)c1ccc(-c2ccccc2)s1. The van der Waals surface area contributed by atoms with E-state index in [1.807, 2.05) is 39.0 Å². The van der Waals surface area contributed by atoms with Crippen LogP contribution in [-0.4, -0.2) is 8.96 Å². The summed E-state index contributed by atoms with van der Waals surface area (Å²) >= 11 is 1.75. The minimum Gasteiger partial charge on any atom is -0.242 e. The van der Waals surface area contributed by atoms with E-state index in [0.29, 0.717) is 0 Å². The van der Waals surface area contributed by atoms with Crippen LogP contribution in [-0.2, 0) is 11.0 Å². The lowest BCUT2D eigenvalue weighted by atomic mass is 10.2. The Hall–Kier alpha value is -0.970. The van der Waals surface area contributed by atoms with Gasteiger partial charge >= 0.3 is 0 Å². The summed E-state index contributed by atoms with van der Waals surface area (Å²) < 4.78 is 15.1. The van der Waals surface area contributed by atoms with E-state index >= 15 is 0 Å². The van der Waals surface area contributed by atoms with Gasteiger partial charge in [0.1, 0.15) is 0 Å². The van der Waals surface area contributed by atoms with Crippen LogP contribution in [0.1, 0.15) is 38.6 Å². The van der Waals surface area contributed by atoms with Gasteiger partial charge in [0.05, 0.1) is 21.8 Å². The Bertz CT molecular complexity index is 584. The monoisotopic (exact) mass is 307 g/mol. The molecule has 0 bridgehead atoms. The van der Waals surface area contributed by atoms with Crippen molar-refractivity contribution in [2.24, 2.45) is 0 Å². The summed E-state index contributed by atoms with van der Waals surface area (Å²) in [4.78, 5) is 2.46. The highest BCUT2D eigenvalue weighted by Gasteiger charge is 2.22. The van der Waals surface area contributed by atoms with Gasteiger partial charge in [-0.3, -0.25) is 0 Å². The number of thiophene rings is 1.